The average Bonchev–Trinajstić information content (AvgIpc) is 2.85. The molecule has 0 fully saturated rings. The summed E-state index contributed by atoms with van der Waals surface area (Å²) in [4.78, 5) is 40.6. The minimum absolute atomic E-state index is 0. The Kier molecular flexibility index (Phi) is 12.3. The third-order valence-electron chi connectivity index (χ3n) is 5.61. The van der Waals surface area contributed by atoms with Crippen molar-refractivity contribution in [2.24, 2.45) is 5.41 Å². The number of carbonyl (C=O) groups excluding carboxylic acids is 2. The molecular weight excluding hydrogens is 533 g/mol. The van der Waals surface area contributed by atoms with E-state index in [1.807, 2.05) is 44.2 Å². The normalized spacial score (nSPS) is 17.2. The Morgan fingerprint density at radius 1 is 1.18 bits per heavy atom. The molecule has 178 valence electrons. The van der Waals surface area contributed by atoms with E-state index in [-0.39, 0.29) is 59.1 Å². The molecule has 0 spiro atoms. The van der Waals surface area contributed by atoms with Gasteiger partial charge in [0, 0.05) is 10.6 Å². The van der Waals surface area contributed by atoms with Gasteiger partial charge in [-0.15, -0.1) is 0 Å². The first kappa shape index (κ1) is 30.7. The van der Waals surface area contributed by atoms with Gasteiger partial charge in [-0.3, -0.25) is 19.3 Å². The summed E-state index contributed by atoms with van der Waals surface area (Å²) < 4.78 is 6.23. The van der Waals surface area contributed by atoms with Gasteiger partial charge in [-0.2, -0.15) is 0 Å². The third-order valence-corrected chi connectivity index (χ3v) is 7.35. The first-order chi connectivity index (χ1) is 15.3. The molecule has 0 aliphatic carbocycles. The second-order valence-corrected chi connectivity index (χ2v) is 9.52. The number of benzene rings is 2. The molecule has 1 heterocycles. The van der Waals surface area contributed by atoms with E-state index >= 15 is 0 Å². The fourth-order valence-electron chi connectivity index (χ4n) is 3.74. The van der Waals surface area contributed by atoms with Crippen molar-refractivity contribution in [2.45, 2.75) is 50.8 Å². The van der Waals surface area contributed by atoms with Crippen molar-refractivity contribution in [3.8, 4) is 5.75 Å². The standard InChI is InChI=1S/C24H26BrNO5S.Na.H2O/c1-3-5-12-24(4-2)22(29)26(16-9-7-6-8-10-16)18-14-17(25)19(31-13-11-21(27)28)15-20(18)32-23(24)30;;/h6-10,14-15H,3-5,11-13H2,1-2H3,(H,27,28);;1H2/q;+1;/p-1. The molecule has 7 nitrogen and oxygen atoms in total. The van der Waals surface area contributed by atoms with E-state index in [2.05, 4.69) is 15.9 Å². The van der Waals surface area contributed by atoms with E-state index in [4.69, 9.17) is 9.84 Å². The number of carboxylic acids is 1. The van der Waals surface area contributed by atoms with E-state index in [9.17, 15) is 14.4 Å². The number of halogens is 1. The summed E-state index contributed by atoms with van der Waals surface area (Å²) in [6, 6.07) is 12.8. The largest absolute Gasteiger partial charge is 1.00 e. The number of unbranched alkanes of at least 4 members (excludes halogenated alkanes) is 1. The van der Waals surface area contributed by atoms with Crippen LogP contribution in [0.5, 0.6) is 5.75 Å². The van der Waals surface area contributed by atoms with Crippen molar-refractivity contribution < 1.29 is 59.3 Å². The minimum atomic E-state index is -1.12. The Morgan fingerprint density at radius 2 is 1.85 bits per heavy atom. The molecule has 3 rings (SSSR count). The maximum Gasteiger partial charge on any atom is 1.00 e. The van der Waals surface area contributed by atoms with Gasteiger partial charge in [-0.1, -0.05) is 44.9 Å². The number of rotatable bonds is 9. The number of fused-ring (bicyclic) bond motifs is 1. The van der Waals surface area contributed by atoms with Crippen molar-refractivity contribution in [1.82, 2.24) is 0 Å². The van der Waals surface area contributed by atoms with Gasteiger partial charge in [-0.05, 0) is 64.8 Å². The molecule has 1 atom stereocenters. The molecule has 10 heteroatoms. The van der Waals surface area contributed by atoms with Crippen LogP contribution >= 0.6 is 27.7 Å². The van der Waals surface area contributed by atoms with Crippen LogP contribution in [-0.4, -0.2) is 34.2 Å². The Morgan fingerprint density at radius 3 is 2.44 bits per heavy atom. The number of amides is 1. The summed E-state index contributed by atoms with van der Waals surface area (Å²) in [5, 5.41) is 8.72. The number of hydrogen-bond acceptors (Lipinski definition) is 6. The molecule has 0 saturated carbocycles. The van der Waals surface area contributed by atoms with Crippen molar-refractivity contribution in [3.63, 3.8) is 0 Å². The quantitative estimate of drug-likeness (QED) is 0.371. The summed E-state index contributed by atoms with van der Waals surface area (Å²) >= 11 is 4.55. The topological polar surface area (TPSA) is 114 Å². The van der Waals surface area contributed by atoms with Crippen LogP contribution < -0.4 is 39.2 Å². The molecule has 2 N–H and O–H groups in total. The van der Waals surface area contributed by atoms with Crippen LogP contribution in [0.15, 0.2) is 51.8 Å². The maximum atomic E-state index is 14.0. The number of carboxylic acid groups (broad SMARTS) is 1. The number of anilines is 2. The fraction of sp³-hybridized carbons (Fsp3) is 0.375. The zero-order valence-corrected chi connectivity index (χ0v) is 23.9. The number of hydrogen-bond donors (Lipinski definition) is 1. The molecule has 2 aromatic rings. The van der Waals surface area contributed by atoms with Gasteiger partial charge in [0.15, 0.2) is 0 Å². The maximum absolute atomic E-state index is 14.0. The minimum Gasteiger partial charge on any atom is -0.870 e. The fourth-order valence-corrected chi connectivity index (χ4v) is 5.34. The van der Waals surface area contributed by atoms with E-state index < -0.39 is 11.4 Å². The summed E-state index contributed by atoms with van der Waals surface area (Å²) in [6.45, 7) is 3.94. The molecule has 0 bridgehead atoms. The zero-order valence-electron chi connectivity index (χ0n) is 19.5. The van der Waals surface area contributed by atoms with E-state index in [0.29, 0.717) is 39.3 Å². The number of aliphatic carboxylic acids is 1. The smallest absolute Gasteiger partial charge is 0.870 e. The second-order valence-electron chi connectivity index (χ2n) is 7.65. The van der Waals surface area contributed by atoms with E-state index in [0.717, 1.165) is 24.6 Å². The van der Waals surface area contributed by atoms with Gasteiger partial charge >= 0.3 is 35.5 Å². The number of carbonyl (C=O) groups is 3. The first-order valence-electron chi connectivity index (χ1n) is 10.6. The average molecular weight is 560 g/mol. The molecular formula is C24H27BrNNaO6S. The Balaban J connectivity index is 0.00000289. The van der Waals surface area contributed by atoms with Gasteiger partial charge in [0.05, 0.1) is 23.2 Å². The summed E-state index contributed by atoms with van der Waals surface area (Å²) in [7, 11) is 0. The molecule has 1 aliphatic heterocycles. The second kappa shape index (κ2) is 13.7. The van der Waals surface area contributed by atoms with Gasteiger partial charge < -0.3 is 15.3 Å². The predicted octanol–water partition coefficient (Wildman–Crippen LogP) is 3.01. The van der Waals surface area contributed by atoms with Gasteiger partial charge in [0.25, 0.3) is 0 Å². The Hall–Kier alpha value is -1.36. The van der Waals surface area contributed by atoms with Gasteiger partial charge in [0.1, 0.15) is 11.2 Å². The van der Waals surface area contributed by atoms with E-state index in [1.54, 1.807) is 17.0 Å². The van der Waals surface area contributed by atoms with Gasteiger partial charge in [0.2, 0.25) is 11.0 Å². The Labute approximate surface area is 234 Å². The van der Waals surface area contributed by atoms with Crippen LogP contribution in [-0.2, 0) is 14.4 Å². The summed E-state index contributed by atoms with van der Waals surface area (Å²) in [6.07, 6.45) is 2.43. The molecule has 0 aromatic heterocycles. The molecule has 34 heavy (non-hydrogen) atoms. The Bertz CT molecular complexity index is 1020. The predicted molar refractivity (Wildman–Crippen MR) is 131 cm³/mol. The number of para-hydroxylation sites is 1. The van der Waals surface area contributed by atoms with Crippen LogP contribution in [0.2, 0.25) is 0 Å². The monoisotopic (exact) mass is 559 g/mol. The molecule has 1 aliphatic rings. The molecule has 2 aromatic carbocycles. The van der Waals surface area contributed by atoms with Crippen molar-refractivity contribution >= 4 is 56.1 Å². The van der Waals surface area contributed by atoms with Crippen LogP contribution in [0.4, 0.5) is 11.4 Å². The zero-order chi connectivity index (χ0) is 23.3. The third kappa shape index (κ3) is 6.44. The SMILES string of the molecule is CCCCC1(CC)C(=O)Sc2cc(OCCC(=O)O)c(Br)cc2N(c2ccccc2)C1=O.[Na+].[OH-]. The van der Waals surface area contributed by atoms with Crippen molar-refractivity contribution in [3.05, 3.63) is 46.9 Å². The first-order valence-corrected chi connectivity index (χ1v) is 12.2. The van der Waals surface area contributed by atoms with Crippen LogP contribution in [0.3, 0.4) is 0 Å². The summed E-state index contributed by atoms with van der Waals surface area (Å²) in [5.74, 6) is -0.740. The van der Waals surface area contributed by atoms with Gasteiger partial charge in [-0.25, -0.2) is 0 Å². The molecule has 1 amide bonds. The number of ether oxygens (including phenoxy) is 1. The van der Waals surface area contributed by atoms with Crippen LogP contribution in [0.1, 0.15) is 46.0 Å². The van der Waals surface area contributed by atoms with Crippen LogP contribution in [0, 0.1) is 5.41 Å². The number of thioether (sulfide) groups is 1. The molecule has 0 saturated heterocycles. The molecule has 1 unspecified atom stereocenters. The number of nitrogens with zero attached hydrogens (tertiary/aromatic N) is 1. The van der Waals surface area contributed by atoms with Crippen molar-refractivity contribution in [1.29, 1.82) is 0 Å². The van der Waals surface area contributed by atoms with Crippen LogP contribution in [0.25, 0.3) is 0 Å². The van der Waals surface area contributed by atoms with Crippen molar-refractivity contribution in [2.75, 3.05) is 11.5 Å². The molecule has 0 radical (unpaired) electrons. The summed E-state index contributed by atoms with van der Waals surface area (Å²) in [5.41, 5.74) is 0.172. The van der Waals surface area contributed by atoms with E-state index in [1.165, 1.54) is 0 Å².